The molecule has 0 saturated carbocycles. The highest BCUT2D eigenvalue weighted by atomic mass is 35.5. The minimum atomic E-state index is -0.693. The first-order valence-corrected chi connectivity index (χ1v) is 11.6. The fourth-order valence-electron chi connectivity index (χ4n) is 5.30. The van der Waals surface area contributed by atoms with Crippen LogP contribution >= 0.6 is 11.6 Å². The molecule has 35 heavy (non-hydrogen) atoms. The number of rotatable bonds is 2. The number of anilines is 2. The second-order valence-corrected chi connectivity index (χ2v) is 9.46. The van der Waals surface area contributed by atoms with Gasteiger partial charge in [-0.15, -0.1) is 0 Å². The average Bonchev–Trinajstić information content (AvgIpc) is 3.13. The van der Waals surface area contributed by atoms with E-state index in [0.29, 0.717) is 5.82 Å². The highest BCUT2D eigenvalue weighted by Gasteiger charge is 2.46. The minimum Gasteiger partial charge on any atom is -0.382 e. The predicted molar refractivity (Wildman–Crippen MR) is 132 cm³/mol. The Morgan fingerprint density at radius 1 is 1.11 bits per heavy atom. The summed E-state index contributed by atoms with van der Waals surface area (Å²) in [5.74, 6) is 0.606. The number of nitrogens with two attached hydrogens (primary N) is 2. The molecule has 4 aromatic heterocycles. The summed E-state index contributed by atoms with van der Waals surface area (Å²) in [6, 6.07) is 5.41. The van der Waals surface area contributed by atoms with Gasteiger partial charge in [0.15, 0.2) is 11.2 Å². The van der Waals surface area contributed by atoms with Crippen molar-refractivity contribution >= 4 is 34.4 Å². The van der Waals surface area contributed by atoms with Crippen LogP contribution in [-0.4, -0.2) is 42.6 Å². The van der Waals surface area contributed by atoms with Gasteiger partial charge in [0.05, 0.1) is 23.6 Å². The lowest BCUT2D eigenvalue weighted by molar-refractivity contribution is 0.186. The topological polar surface area (TPSA) is 162 Å². The molecule has 4 aromatic rings. The van der Waals surface area contributed by atoms with Crippen LogP contribution in [0.5, 0.6) is 0 Å². The molecule has 0 unspecified atom stereocenters. The van der Waals surface area contributed by atoms with Gasteiger partial charge in [-0.05, 0) is 42.4 Å². The fraction of sp³-hybridized carbons (Fsp3) is 0.304. The van der Waals surface area contributed by atoms with Crippen LogP contribution in [0.2, 0.25) is 5.02 Å². The molecule has 1 saturated heterocycles. The van der Waals surface area contributed by atoms with Crippen molar-refractivity contribution in [1.29, 1.82) is 0 Å². The van der Waals surface area contributed by atoms with Crippen molar-refractivity contribution in [1.82, 2.24) is 29.5 Å². The normalized spacial score (nSPS) is 18.8. The van der Waals surface area contributed by atoms with E-state index in [1.165, 1.54) is 17.8 Å². The van der Waals surface area contributed by atoms with Crippen molar-refractivity contribution in [2.75, 3.05) is 23.7 Å². The van der Waals surface area contributed by atoms with E-state index in [4.69, 9.17) is 23.1 Å². The van der Waals surface area contributed by atoms with Gasteiger partial charge in [0.1, 0.15) is 16.7 Å². The number of nitrogens with zero attached hydrogens (tertiary/aromatic N) is 6. The lowest BCUT2D eigenvalue weighted by Crippen LogP contribution is -2.44. The fourth-order valence-corrected chi connectivity index (χ4v) is 5.50. The number of nitrogens with one attached hydrogen (secondary N) is 1. The van der Waals surface area contributed by atoms with Crippen LogP contribution in [0.15, 0.2) is 46.4 Å². The third kappa shape index (κ3) is 3.30. The Balaban J connectivity index is 1.30. The van der Waals surface area contributed by atoms with Gasteiger partial charge >= 0.3 is 5.69 Å². The minimum absolute atomic E-state index is 0.00810. The number of fused-ring (bicyclic) bond motifs is 2. The first-order chi connectivity index (χ1) is 16.9. The molecule has 178 valence electrons. The highest BCUT2D eigenvalue weighted by molar-refractivity contribution is 6.34. The number of H-pyrrole nitrogens is 1. The van der Waals surface area contributed by atoms with Crippen LogP contribution in [0.1, 0.15) is 30.1 Å². The van der Waals surface area contributed by atoms with Crippen molar-refractivity contribution < 1.29 is 0 Å². The van der Waals surface area contributed by atoms with Gasteiger partial charge in [-0.1, -0.05) is 17.7 Å². The summed E-state index contributed by atoms with van der Waals surface area (Å²) in [5, 5.41) is 0.00810. The number of pyridine rings is 2. The number of hydrogen-bond donors (Lipinski definition) is 3. The van der Waals surface area contributed by atoms with Gasteiger partial charge in [0.2, 0.25) is 0 Å². The molecule has 6 rings (SSSR count). The van der Waals surface area contributed by atoms with Gasteiger partial charge in [-0.25, -0.2) is 24.3 Å². The number of piperidine rings is 1. The van der Waals surface area contributed by atoms with E-state index in [2.05, 4.69) is 35.9 Å². The summed E-state index contributed by atoms with van der Waals surface area (Å²) in [6.45, 7) is 1.46. The van der Waals surface area contributed by atoms with Gasteiger partial charge in [0.25, 0.3) is 5.56 Å². The number of halogens is 1. The first kappa shape index (κ1) is 21.7. The Hall–Kier alpha value is -3.83. The molecule has 2 aliphatic rings. The molecule has 1 aliphatic heterocycles. The van der Waals surface area contributed by atoms with Crippen molar-refractivity contribution in [3.63, 3.8) is 0 Å². The van der Waals surface area contributed by atoms with E-state index >= 15 is 0 Å². The number of nitrogen functional groups attached to an aromatic ring is 1. The maximum atomic E-state index is 13.1. The summed E-state index contributed by atoms with van der Waals surface area (Å²) in [4.78, 5) is 47.9. The molecule has 0 radical (unpaired) electrons. The Labute approximate surface area is 203 Å². The van der Waals surface area contributed by atoms with Crippen molar-refractivity contribution in [3.05, 3.63) is 73.9 Å². The number of aromatic amines is 1. The Bertz CT molecular complexity index is 1590. The molecule has 1 atom stereocenters. The van der Waals surface area contributed by atoms with Gasteiger partial charge in [0, 0.05) is 25.5 Å². The van der Waals surface area contributed by atoms with Gasteiger partial charge in [-0.3, -0.25) is 14.8 Å². The Morgan fingerprint density at radius 2 is 1.91 bits per heavy atom. The lowest BCUT2D eigenvalue weighted by atomic mass is 9.73. The quantitative estimate of drug-likeness (QED) is 0.375. The monoisotopic (exact) mass is 491 g/mol. The molecule has 12 heteroatoms. The summed E-state index contributed by atoms with van der Waals surface area (Å²) < 4.78 is 0.884. The van der Waals surface area contributed by atoms with Crippen LogP contribution in [-0.2, 0) is 6.42 Å². The van der Waals surface area contributed by atoms with Crippen LogP contribution in [0, 0.1) is 5.41 Å². The van der Waals surface area contributed by atoms with Crippen LogP contribution < -0.4 is 27.6 Å². The largest absolute Gasteiger partial charge is 0.382 e. The van der Waals surface area contributed by atoms with E-state index in [-0.39, 0.29) is 39.1 Å². The summed E-state index contributed by atoms with van der Waals surface area (Å²) >= 11 is 6.19. The van der Waals surface area contributed by atoms with Gasteiger partial charge in [-0.2, -0.15) is 0 Å². The van der Waals surface area contributed by atoms with Crippen molar-refractivity contribution in [2.24, 2.45) is 11.1 Å². The smallest absolute Gasteiger partial charge is 0.334 e. The van der Waals surface area contributed by atoms with Crippen LogP contribution in [0.3, 0.4) is 0 Å². The standard InChI is InChI=1S/C23H22ClN9O2/c24-15-13(3-7-28-19(15)26)33-21(34)17-20(31-22(33)35)30-14(11-29-17)32-8-4-23(5-9-32)10-12-2-1-6-27-16(12)18(23)25/h1-3,6-7,11,18H,4-5,8-10,25H2,(H2,26,28)(H,30,31,35)/t18-/m1/s1. The number of hydrogen-bond acceptors (Lipinski definition) is 9. The second-order valence-electron chi connectivity index (χ2n) is 9.08. The van der Waals surface area contributed by atoms with Crippen LogP contribution in [0.25, 0.3) is 16.9 Å². The van der Waals surface area contributed by atoms with E-state index in [9.17, 15) is 9.59 Å². The van der Waals surface area contributed by atoms with Gasteiger partial charge < -0.3 is 16.4 Å². The molecular weight excluding hydrogens is 470 g/mol. The summed E-state index contributed by atoms with van der Waals surface area (Å²) in [5.41, 5.74) is 13.5. The molecule has 5 N–H and O–H groups in total. The van der Waals surface area contributed by atoms with Crippen LogP contribution in [0.4, 0.5) is 11.6 Å². The zero-order chi connectivity index (χ0) is 24.3. The predicted octanol–water partition coefficient (Wildman–Crippen LogP) is 1.34. The molecule has 0 bridgehead atoms. The lowest BCUT2D eigenvalue weighted by Gasteiger charge is -2.42. The molecule has 1 fully saturated rings. The Morgan fingerprint density at radius 3 is 2.69 bits per heavy atom. The zero-order valence-electron chi connectivity index (χ0n) is 18.6. The van der Waals surface area contributed by atoms with Crippen molar-refractivity contribution in [3.8, 4) is 5.69 Å². The maximum Gasteiger partial charge on any atom is 0.334 e. The molecule has 0 aromatic carbocycles. The maximum absolute atomic E-state index is 13.1. The summed E-state index contributed by atoms with van der Waals surface area (Å²) in [7, 11) is 0. The highest BCUT2D eigenvalue weighted by Crippen LogP contribution is 2.50. The van der Waals surface area contributed by atoms with E-state index in [1.807, 2.05) is 6.07 Å². The molecule has 1 spiro atoms. The third-order valence-corrected chi connectivity index (χ3v) is 7.62. The third-order valence-electron chi connectivity index (χ3n) is 7.24. The first-order valence-electron chi connectivity index (χ1n) is 11.2. The average molecular weight is 492 g/mol. The van der Waals surface area contributed by atoms with E-state index in [0.717, 1.165) is 42.6 Å². The zero-order valence-corrected chi connectivity index (χ0v) is 19.4. The molecule has 0 amide bonds. The van der Waals surface area contributed by atoms with E-state index in [1.54, 1.807) is 12.4 Å². The number of aromatic nitrogens is 6. The van der Waals surface area contributed by atoms with E-state index < -0.39 is 11.2 Å². The van der Waals surface area contributed by atoms with Crippen molar-refractivity contribution in [2.45, 2.75) is 25.3 Å². The SMILES string of the molecule is Nc1nccc(-n2c(=O)[nH]c3nc(N4CCC5(CC4)Cc4cccnc4[C@H]5N)cnc3c2=O)c1Cl. The molecule has 5 heterocycles. The Kier molecular flexibility index (Phi) is 4.87. The summed E-state index contributed by atoms with van der Waals surface area (Å²) in [6.07, 6.45) is 7.40. The molecular formula is C23H22ClN9O2. The molecule has 1 aliphatic carbocycles. The second kappa shape index (κ2) is 7.85. The molecule has 11 nitrogen and oxygen atoms in total.